The SMILES string of the molecule is CNC(c1ccc(C)o1)c1cc2c(cc1Cl)NC(=O)C2. The molecule has 0 aliphatic carbocycles. The van der Waals surface area contributed by atoms with Crippen LogP contribution in [0.25, 0.3) is 0 Å². The van der Waals surface area contributed by atoms with Gasteiger partial charge in [-0.1, -0.05) is 11.6 Å². The molecule has 1 amide bonds. The van der Waals surface area contributed by atoms with E-state index in [1.54, 1.807) is 6.07 Å². The van der Waals surface area contributed by atoms with Crippen LogP contribution in [-0.2, 0) is 11.2 Å². The Labute approximate surface area is 122 Å². The van der Waals surface area contributed by atoms with Crippen molar-refractivity contribution in [2.24, 2.45) is 0 Å². The lowest BCUT2D eigenvalue weighted by molar-refractivity contribution is -0.115. The number of benzene rings is 1. The largest absolute Gasteiger partial charge is 0.464 e. The quantitative estimate of drug-likeness (QED) is 0.913. The zero-order chi connectivity index (χ0) is 14.3. The average molecular weight is 291 g/mol. The van der Waals surface area contributed by atoms with Crippen LogP contribution in [0.2, 0.25) is 5.02 Å². The minimum Gasteiger partial charge on any atom is -0.464 e. The Morgan fingerprint density at radius 1 is 1.40 bits per heavy atom. The van der Waals surface area contributed by atoms with E-state index >= 15 is 0 Å². The van der Waals surface area contributed by atoms with E-state index in [2.05, 4.69) is 10.6 Å². The summed E-state index contributed by atoms with van der Waals surface area (Å²) in [4.78, 5) is 11.4. The highest BCUT2D eigenvalue weighted by atomic mass is 35.5. The van der Waals surface area contributed by atoms with Gasteiger partial charge < -0.3 is 15.1 Å². The lowest BCUT2D eigenvalue weighted by Gasteiger charge is -2.17. The van der Waals surface area contributed by atoms with Crippen molar-refractivity contribution in [2.75, 3.05) is 12.4 Å². The summed E-state index contributed by atoms with van der Waals surface area (Å²) in [7, 11) is 1.86. The number of furan rings is 1. The summed E-state index contributed by atoms with van der Waals surface area (Å²) in [6, 6.07) is 7.50. The number of halogens is 1. The van der Waals surface area contributed by atoms with Gasteiger partial charge in [0.25, 0.3) is 0 Å². The van der Waals surface area contributed by atoms with Crippen molar-refractivity contribution >= 4 is 23.2 Å². The van der Waals surface area contributed by atoms with Crippen LogP contribution < -0.4 is 10.6 Å². The molecule has 0 radical (unpaired) electrons. The van der Waals surface area contributed by atoms with Crippen molar-refractivity contribution in [3.05, 3.63) is 51.9 Å². The van der Waals surface area contributed by atoms with Crippen LogP contribution >= 0.6 is 11.6 Å². The van der Waals surface area contributed by atoms with Gasteiger partial charge in [-0.25, -0.2) is 0 Å². The number of anilines is 1. The van der Waals surface area contributed by atoms with Gasteiger partial charge in [0.2, 0.25) is 5.91 Å². The predicted octanol–water partition coefficient (Wildman–Crippen LogP) is 3.04. The Hall–Kier alpha value is -1.78. The lowest BCUT2D eigenvalue weighted by Crippen LogP contribution is -2.17. The molecule has 0 spiro atoms. The summed E-state index contributed by atoms with van der Waals surface area (Å²) in [5.41, 5.74) is 2.69. The fraction of sp³-hybridized carbons (Fsp3) is 0.267. The van der Waals surface area contributed by atoms with Crippen molar-refractivity contribution in [3.8, 4) is 0 Å². The Kier molecular flexibility index (Phi) is 3.28. The maximum atomic E-state index is 11.4. The second-order valence-electron chi connectivity index (χ2n) is 4.93. The van der Waals surface area contributed by atoms with Crippen molar-refractivity contribution in [1.82, 2.24) is 5.32 Å². The van der Waals surface area contributed by atoms with Gasteiger partial charge in [-0.05, 0) is 49.4 Å². The van der Waals surface area contributed by atoms with E-state index in [9.17, 15) is 4.79 Å². The first kappa shape index (κ1) is 13.2. The highest BCUT2D eigenvalue weighted by Crippen LogP contribution is 2.35. The second-order valence-corrected chi connectivity index (χ2v) is 5.33. The Bertz CT molecular complexity index is 679. The summed E-state index contributed by atoms with van der Waals surface area (Å²) in [5.74, 6) is 1.67. The molecule has 0 bridgehead atoms. The maximum Gasteiger partial charge on any atom is 0.228 e. The first-order valence-corrected chi connectivity index (χ1v) is 6.82. The Morgan fingerprint density at radius 2 is 2.20 bits per heavy atom. The molecule has 2 N–H and O–H groups in total. The van der Waals surface area contributed by atoms with E-state index < -0.39 is 0 Å². The zero-order valence-electron chi connectivity index (χ0n) is 11.3. The molecule has 1 aliphatic heterocycles. The molecule has 2 heterocycles. The van der Waals surface area contributed by atoms with Crippen molar-refractivity contribution in [3.63, 3.8) is 0 Å². The number of hydrogen-bond donors (Lipinski definition) is 2. The van der Waals surface area contributed by atoms with Gasteiger partial charge in [-0.2, -0.15) is 0 Å². The molecular weight excluding hydrogens is 276 g/mol. The van der Waals surface area contributed by atoms with Crippen LogP contribution in [0.15, 0.2) is 28.7 Å². The number of carbonyl (C=O) groups is 1. The monoisotopic (exact) mass is 290 g/mol. The lowest BCUT2D eigenvalue weighted by atomic mass is 10.0. The summed E-state index contributed by atoms with van der Waals surface area (Å²) < 4.78 is 5.68. The third-order valence-corrected chi connectivity index (χ3v) is 3.82. The van der Waals surface area contributed by atoms with Crippen LogP contribution in [-0.4, -0.2) is 13.0 Å². The topological polar surface area (TPSA) is 54.3 Å². The predicted molar refractivity (Wildman–Crippen MR) is 78.1 cm³/mol. The molecule has 1 aliphatic rings. The van der Waals surface area contributed by atoms with Gasteiger partial charge in [0.05, 0.1) is 12.5 Å². The summed E-state index contributed by atoms with van der Waals surface area (Å²) in [6.07, 6.45) is 0.396. The van der Waals surface area contributed by atoms with Crippen molar-refractivity contribution < 1.29 is 9.21 Å². The number of rotatable bonds is 3. The maximum absolute atomic E-state index is 11.4. The van der Waals surface area contributed by atoms with Gasteiger partial charge in [0.15, 0.2) is 0 Å². The molecule has 0 saturated carbocycles. The van der Waals surface area contributed by atoms with E-state index in [4.69, 9.17) is 16.0 Å². The highest BCUT2D eigenvalue weighted by Gasteiger charge is 2.24. The molecular formula is C15H15ClN2O2. The van der Waals surface area contributed by atoms with Crippen LogP contribution in [0, 0.1) is 6.92 Å². The number of carbonyl (C=O) groups excluding carboxylic acids is 1. The molecule has 20 heavy (non-hydrogen) atoms. The van der Waals surface area contributed by atoms with Crippen LogP contribution in [0.5, 0.6) is 0 Å². The summed E-state index contributed by atoms with van der Waals surface area (Å²) in [6.45, 7) is 1.91. The van der Waals surface area contributed by atoms with E-state index in [0.29, 0.717) is 11.4 Å². The fourth-order valence-corrected chi connectivity index (χ4v) is 2.82. The molecule has 2 aromatic rings. The molecule has 1 aromatic carbocycles. The number of hydrogen-bond acceptors (Lipinski definition) is 3. The molecule has 1 atom stereocenters. The third kappa shape index (κ3) is 2.21. The van der Waals surface area contributed by atoms with Gasteiger partial charge in [0, 0.05) is 10.7 Å². The minimum absolute atomic E-state index is 0.00284. The standard InChI is InChI=1S/C15H15ClN2O2/c1-8-3-4-13(20-8)15(17-2)10-5-9-6-14(19)18-12(9)7-11(10)16/h3-5,7,15,17H,6H2,1-2H3,(H,18,19). The number of fused-ring (bicyclic) bond motifs is 1. The fourth-order valence-electron chi connectivity index (χ4n) is 2.55. The molecule has 0 fully saturated rings. The summed E-state index contributed by atoms with van der Waals surface area (Å²) >= 11 is 6.35. The minimum atomic E-state index is -0.128. The van der Waals surface area contributed by atoms with Crippen LogP contribution in [0.4, 0.5) is 5.69 Å². The van der Waals surface area contributed by atoms with Gasteiger partial charge >= 0.3 is 0 Å². The molecule has 1 unspecified atom stereocenters. The Balaban J connectivity index is 2.05. The normalized spacial score (nSPS) is 15.1. The smallest absolute Gasteiger partial charge is 0.228 e. The van der Waals surface area contributed by atoms with Gasteiger partial charge in [-0.3, -0.25) is 4.79 Å². The molecule has 4 nitrogen and oxygen atoms in total. The van der Waals surface area contributed by atoms with E-state index in [1.807, 2.05) is 32.2 Å². The number of aryl methyl sites for hydroxylation is 1. The van der Waals surface area contributed by atoms with E-state index in [1.165, 1.54) is 0 Å². The van der Waals surface area contributed by atoms with Crippen LogP contribution in [0.3, 0.4) is 0 Å². The average Bonchev–Trinajstić information content (AvgIpc) is 2.96. The van der Waals surface area contributed by atoms with Crippen molar-refractivity contribution in [1.29, 1.82) is 0 Å². The van der Waals surface area contributed by atoms with Gasteiger partial charge in [-0.15, -0.1) is 0 Å². The molecule has 5 heteroatoms. The molecule has 104 valence electrons. The van der Waals surface area contributed by atoms with Crippen molar-refractivity contribution in [2.45, 2.75) is 19.4 Å². The first-order chi connectivity index (χ1) is 9.58. The Morgan fingerprint density at radius 3 is 2.85 bits per heavy atom. The summed E-state index contributed by atoms with van der Waals surface area (Å²) in [5, 5.41) is 6.62. The van der Waals surface area contributed by atoms with Crippen LogP contribution in [0.1, 0.15) is 28.7 Å². The second kappa shape index (κ2) is 4.96. The number of amides is 1. The van der Waals surface area contributed by atoms with Gasteiger partial charge in [0.1, 0.15) is 11.5 Å². The first-order valence-electron chi connectivity index (χ1n) is 6.44. The molecule has 0 saturated heterocycles. The molecule has 3 rings (SSSR count). The number of nitrogens with one attached hydrogen (secondary N) is 2. The van der Waals surface area contributed by atoms with E-state index in [0.717, 1.165) is 28.3 Å². The highest BCUT2D eigenvalue weighted by molar-refractivity contribution is 6.32. The van der Waals surface area contributed by atoms with E-state index in [-0.39, 0.29) is 11.9 Å². The third-order valence-electron chi connectivity index (χ3n) is 3.49. The zero-order valence-corrected chi connectivity index (χ0v) is 12.0. The molecule has 1 aromatic heterocycles.